The van der Waals surface area contributed by atoms with Crippen LogP contribution in [0.5, 0.6) is 0 Å². The first-order valence-electron chi connectivity index (χ1n) is 9.75. The largest absolute Gasteiger partial charge is 0.383 e. The fourth-order valence-electron chi connectivity index (χ4n) is 4.33. The molecule has 144 valence electrons. The van der Waals surface area contributed by atoms with Crippen LogP contribution in [0.2, 0.25) is 0 Å². The fourth-order valence-corrected chi connectivity index (χ4v) is 4.33. The van der Waals surface area contributed by atoms with Gasteiger partial charge in [-0.25, -0.2) is 4.98 Å². The van der Waals surface area contributed by atoms with Crippen LogP contribution in [-0.2, 0) is 18.3 Å². The Bertz CT molecular complexity index is 797. The predicted molar refractivity (Wildman–Crippen MR) is 108 cm³/mol. The lowest BCUT2D eigenvalue weighted by atomic mass is 9.98. The minimum atomic E-state index is 0.526. The van der Waals surface area contributed by atoms with Gasteiger partial charge in [-0.2, -0.15) is 5.10 Å². The first-order chi connectivity index (χ1) is 13.2. The maximum Gasteiger partial charge on any atom is 0.128 e. The Labute approximate surface area is 161 Å². The van der Waals surface area contributed by atoms with E-state index < -0.39 is 0 Å². The highest BCUT2D eigenvalue weighted by molar-refractivity contribution is 5.65. The molecule has 6 nitrogen and oxygen atoms in total. The first-order valence-corrected chi connectivity index (χ1v) is 9.75. The van der Waals surface area contributed by atoms with Gasteiger partial charge in [-0.05, 0) is 42.5 Å². The predicted octanol–water partition coefficient (Wildman–Crippen LogP) is 2.72. The summed E-state index contributed by atoms with van der Waals surface area (Å²) in [6.07, 6.45) is 10.0. The number of aryl methyl sites for hydroxylation is 1. The summed E-state index contributed by atoms with van der Waals surface area (Å²) in [6, 6.07) is 7.61. The third kappa shape index (κ3) is 3.77. The Kier molecular flexibility index (Phi) is 5.27. The summed E-state index contributed by atoms with van der Waals surface area (Å²) in [5.74, 6) is 0.996. The van der Waals surface area contributed by atoms with Gasteiger partial charge < -0.3 is 9.64 Å². The van der Waals surface area contributed by atoms with Gasteiger partial charge in [0.15, 0.2) is 0 Å². The van der Waals surface area contributed by atoms with Crippen LogP contribution in [0, 0.1) is 0 Å². The van der Waals surface area contributed by atoms with Gasteiger partial charge in [-0.15, -0.1) is 0 Å². The van der Waals surface area contributed by atoms with Gasteiger partial charge in [-0.3, -0.25) is 9.58 Å². The lowest BCUT2D eigenvalue weighted by Crippen LogP contribution is -2.37. The van der Waals surface area contributed by atoms with E-state index in [1.54, 1.807) is 7.11 Å². The number of rotatable bonds is 7. The zero-order valence-electron chi connectivity index (χ0n) is 16.5. The van der Waals surface area contributed by atoms with Gasteiger partial charge >= 0.3 is 0 Å². The topological polar surface area (TPSA) is 46.4 Å². The summed E-state index contributed by atoms with van der Waals surface area (Å²) in [5.41, 5.74) is 4.00. The molecule has 0 saturated carbocycles. The van der Waals surface area contributed by atoms with Crippen LogP contribution in [0.25, 0.3) is 5.57 Å². The van der Waals surface area contributed by atoms with Crippen molar-refractivity contribution < 1.29 is 4.74 Å². The molecule has 2 atom stereocenters. The third-order valence-electron chi connectivity index (χ3n) is 5.89. The Hall–Kier alpha value is -2.18. The molecule has 2 aliphatic heterocycles. The van der Waals surface area contributed by atoms with Crippen LogP contribution in [0.3, 0.4) is 0 Å². The molecule has 0 aromatic carbocycles. The average molecular weight is 367 g/mol. The summed E-state index contributed by atoms with van der Waals surface area (Å²) >= 11 is 0. The number of likely N-dealkylation sites (N-methyl/N-ethyl adjacent to an activating group) is 1. The van der Waals surface area contributed by atoms with E-state index in [-0.39, 0.29) is 0 Å². The zero-order valence-corrected chi connectivity index (χ0v) is 16.5. The number of aromatic nitrogens is 3. The van der Waals surface area contributed by atoms with Crippen LogP contribution >= 0.6 is 0 Å². The van der Waals surface area contributed by atoms with E-state index in [4.69, 9.17) is 4.74 Å². The molecule has 0 spiro atoms. The normalized spacial score (nSPS) is 22.1. The second kappa shape index (κ2) is 7.82. The molecule has 27 heavy (non-hydrogen) atoms. The van der Waals surface area contributed by atoms with E-state index in [0.717, 1.165) is 25.3 Å². The monoisotopic (exact) mass is 367 g/mol. The minimum Gasteiger partial charge on any atom is -0.383 e. The number of anilines is 1. The summed E-state index contributed by atoms with van der Waals surface area (Å²) in [7, 11) is 5.81. The van der Waals surface area contributed by atoms with E-state index in [9.17, 15) is 0 Å². The summed E-state index contributed by atoms with van der Waals surface area (Å²) in [6.45, 7) is 2.53. The molecule has 1 fully saturated rings. The number of nitrogens with zero attached hydrogens (tertiary/aromatic N) is 5. The lowest BCUT2D eigenvalue weighted by molar-refractivity contribution is 0.203. The molecular formula is C21H29N5O. The highest BCUT2D eigenvalue weighted by Crippen LogP contribution is 2.39. The zero-order chi connectivity index (χ0) is 18.8. The molecule has 0 amide bonds. The van der Waals surface area contributed by atoms with E-state index in [1.165, 1.54) is 29.7 Å². The van der Waals surface area contributed by atoms with Crippen molar-refractivity contribution in [3.63, 3.8) is 0 Å². The van der Waals surface area contributed by atoms with Crippen molar-refractivity contribution in [3.8, 4) is 0 Å². The average Bonchev–Trinajstić information content (AvgIpc) is 3.19. The highest BCUT2D eigenvalue weighted by atomic mass is 16.5. The van der Waals surface area contributed by atoms with Crippen molar-refractivity contribution in [2.75, 3.05) is 32.2 Å². The Balaban J connectivity index is 1.43. The Morgan fingerprint density at radius 2 is 2.15 bits per heavy atom. The van der Waals surface area contributed by atoms with Crippen LogP contribution in [0.4, 0.5) is 5.82 Å². The number of pyridine rings is 1. The van der Waals surface area contributed by atoms with Crippen molar-refractivity contribution in [3.05, 3.63) is 47.9 Å². The second-order valence-corrected chi connectivity index (χ2v) is 7.65. The number of hydrogen-bond donors (Lipinski definition) is 0. The summed E-state index contributed by atoms with van der Waals surface area (Å²) < 4.78 is 7.13. The van der Waals surface area contributed by atoms with Crippen LogP contribution in [0.1, 0.15) is 30.5 Å². The molecule has 4 heterocycles. The molecule has 4 rings (SSSR count). The van der Waals surface area contributed by atoms with Gasteiger partial charge in [0.05, 0.1) is 12.3 Å². The molecule has 1 saturated heterocycles. The van der Waals surface area contributed by atoms with E-state index in [1.807, 2.05) is 24.1 Å². The van der Waals surface area contributed by atoms with Crippen molar-refractivity contribution in [1.29, 1.82) is 0 Å². The van der Waals surface area contributed by atoms with E-state index >= 15 is 0 Å². The molecule has 0 N–H and O–H groups in total. The standard InChI is InChI=1S/C21H29N5O/c1-24(10-11-27-3)21-7-4-16(14-22-21)15-26-18-5-6-19(26)13-17(12-18)20-8-9-23-25(20)2/h4,7-9,12,14,18-19H,5-6,10-11,13,15H2,1-3H3. The summed E-state index contributed by atoms with van der Waals surface area (Å²) in [4.78, 5) is 9.42. The SMILES string of the molecule is COCCN(C)c1ccc(CN2C3C=C(c4ccnn4C)CC2CC3)cn1. The second-order valence-electron chi connectivity index (χ2n) is 7.65. The maximum absolute atomic E-state index is 5.14. The molecule has 0 aliphatic carbocycles. The third-order valence-corrected chi connectivity index (χ3v) is 5.89. The lowest BCUT2D eigenvalue weighted by Gasteiger charge is -2.34. The number of ether oxygens (including phenoxy) is 1. The Morgan fingerprint density at radius 3 is 2.81 bits per heavy atom. The van der Waals surface area contributed by atoms with Gasteiger partial charge in [0, 0.05) is 58.8 Å². The smallest absolute Gasteiger partial charge is 0.128 e. The number of fused-ring (bicyclic) bond motifs is 2. The van der Waals surface area contributed by atoms with E-state index in [0.29, 0.717) is 18.7 Å². The molecular weight excluding hydrogens is 338 g/mol. The first kappa shape index (κ1) is 18.2. The van der Waals surface area contributed by atoms with E-state index in [2.05, 4.69) is 51.2 Å². The van der Waals surface area contributed by atoms with Crippen molar-refractivity contribution >= 4 is 11.4 Å². The fraction of sp³-hybridized carbons (Fsp3) is 0.524. The van der Waals surface area contributed by atoms with Gasteiger partial charge in [0.1, 0.15) is 5.82 Å². The molecule has 0 radical (unpaired) electrons. The van der Waals surface area contributed by atoms with Gasteiger partial charge in [0.25, 0.3) is 0 Å². The van der Waals surface area contributed by atoms with Crippen molar-refractivity contribution in [2.24, 2.45) is 7.05 Å². The van der Waals surface area contributed by atoms with Crippen LogP contribution in [0.15, 0.2) is 36.7 Å². The Morgan fingerprint density at radius 1 is 1.26 bits per heavy atom. The van der Waals surface area contributed by atoms with Crippen molar-refractivity contribution in [2.45, 2.75) is 37.9 Å². The van der Waals surface area contributed by atoms with Crippen LogP contribution < -0.4 is 4.90 Å². The molecule has 2 aromatic rings. The molecule has 2 aromatic heterocycles. The molecule has 2 unspecified atom stereocenters. The number of methoxy groups -OCH3 is 1. The minimum absolute atomic E-state index is 0.526. The summed E-state index contributed by atoms with van der Waals surface area (Å²) in [5, 5.41) is 4.33. The maximum atomic E-state index is 5.14. The van der Waals surface area contributed by atoms with Crippen molar-refractivity contribution in [1.82, 2.24) is 19.7 Å². The van der Waals surface area contributed by atoms with Gasteiger partial charge in [0.2, 0.25) is 0 Å². The van der Waals surface area contributed by atoms with Crippen LogP contribution in [-0.4, -0.2) is 59.1 Å². The number of hydrogen-bond acceptors (Lipinski definition) is 5. The highest BCUT2D eigenvalue weighted by Gasteiger charge is 2.37. The molecule has 2 aliphatic rings. The van der Waals surface area contributed by atoms with Gasteiger partial charge in [-0.1, -0.05) is 12.1 Å². The molecule has 6 heteroatoms. The molecule has 2 bridgehead atoms. The quantitative estimate of drug-likeness (QED) is 0.753.